The Hall–Kier alpha value is -1.76. The summed E-state index contributed by atoms with van der Waals surface area (Å²) in [7, 11) is 1.74. The third-order valence-corrected chi connectivity index (χ3v) is 4.52. The van der Waals surface area contributed by atoms with Crippen molar-refractivity contribution in [2.45, 2.75) is 24.8 Å². The second kappa shape index (κ2) is 4.12. The number of nitrogens with zero attached hydrogens (tertiary/aromatic N) is 3. The molecule has 1 aliphatic heterocycles. The molecule has 5 nitrogen and oxygen atoms in total. The van der Waals surface area contributed by atoms with E-state index < -0.39 is 16.7 Å². The van der Waals surface area contributed by atoms with Gasteiger partial charge >= 0.3 is 6.03 Å². The number of urea groups is 1. The van der Waals surface area contributed by atoms with Crippen LogP contribution in [0.2, 0.25) is 0 Å². The SMILES string of the molecule is Cn1ncc2c(F)c(N3C(=O)NC(C)(C)C3S)ccc21. The van der Waals surface area contributed by atoms with E-state index in [9.17, 15) is 9.18 Å². The average Bonchev–Trinajstić information content (AvgIpc) is 2.82. The highest BCUT2D eigenvalue weighted by molar-refractivity contribution is 7.81. The molecule has 2 heterocycles. The zero-order valence-corrected chi connectivity index (χ0v) is 12.3. The fourth-order valence-electron chi connectivity index (χ4n) is 2.44. The minimum absolute atomic E-state index is 0.216. The number of amides is 2. The summed E-state index contributed by atoms with van der Waals surface area (Å²) in [6, 6.07) is 2.99. The van der Waals surface area contributed by atoms with Gasteiger partial charge in [0.05, 0.1) is 28.3 Å². The van der Waals surface area contributed by atoms with E-state index in [-0.39, 0.29) is 11.7 Å². The van der Waals surface area contributed by atoms with Crippen LogP contribution in [0.5, 0.6) is 0 Å². The summed E-state index contributed by atoms with van der Waals surface area (Å²) in [6.07, 6.45) is 1.46. The number of benzene rings is 1. The highest BCUT2D eigenvalue weighted by Gasteiger charge is 2.44. The van der Waals surface area contributed by atoms with Crippen LogP contribution < -0.4 is 10.2 Å². The number of aromatic nitrogens is 2. The van der Waals surface area contributed by atoms with Crippen molar-refractivity contribution in [1.29, 1.82) is 0 Å². The van der Waals surface area contributed by atoms with Crippen LogP contribution in [0, 0.1) is 5.82 Å². The van der Waals surface area contributed by atoms with Gasteiger partial charge in [-0.05, 0) is 26.0 Å². The highest BCUT2D eigenvalue weighted by atomic mass is 32.1. The molecule has 1 aromatic carbocycles. The summed E-state index contributed by atoms with van der Waals surface area (Å²) in [5.74, 6) is -0.456. The molecule has 1 atom stereocenters. The normalized spacial score (nSPS) is 21.6. The number of thiol groups is 1. The van der Waals surface area contributed by atoms with Crippen LogP contribution in [-0.2, 0) is 7.05 Å². The summed E-state index contributed by atoms with van der Waals surface area (Å²) in [4.78, 5) is 13.4. The molecular formula is C13H15FN4OS. The highest BCUT2D eigenvalue weighted by Crippen LogP contribution is 2.35. The molecule has 2 aromatic rings. The van der Waals surface area contributed by atoms with Gasteiger partial charge in [-0.15, -0.1) is 0 Å². The Morgan fingerprint density at radius 1 is 1.45 bits per heavy atom. The fourth-order valence-corrected chi connectivity index (χ4v) is 2.74. The molecule has 20 heavy (non-hydrogen) atoms. The van der Waals surface area contributed by atoms with Crippen LogP contribution >= 0.6 is 12.6 Å². The molecule has 1 unspecified atom stereocenters. The van der Waals surface area contributed by atoms with Crippen molar-refractivity contribution in [1.82, 2.24) is 15.1 Å². The Kier molecular flexibility index (Phi) is 2.72. The van der Waals surface area contributed by atoms with E-state index in [1.54, 1.807) is 23.9 Å². The van der Waals surface area contributed by atoms with Crippen LogP contribution in [0.25, 0.3) is 10.9 Å². The van der Waals surface area contributed by atoms with Gasteiger partial charge in [0, 0.05) is 7.05 Å². The lowest BCUT2D eigenvalue weighted by Gasteiger charge is -2.26. The maximum Gasteiger partial charge on any atom is 0.323 e. The lowest BCUT2D eigenvalue weighted by molar-refractivity contribution is 0.248. The van der Waals surface area contributed by atoms with E-state index in [1.807, 2.05) is 13.8 Å². The number of anilines is 1. The molecule has 1 N–H and O–H groups in total. The van der Waals surface area contributed by atoms with E-state index in [0.29, 0.717) is 10.9 Å². The number of hydrogen-bond donors (Lipinski definition) is 2. The van der Waals surface area contributed by atoms with E-state index in [1.165, 1.54) is 11.1 Å². The minimum atomic E-state index is -0.531. The van der Waals surface area contributed by atoms with Crippen LogP contribution in [0.1, 0.15) is 13.8 Å². The standard InChI is InChI=1S/C13H15FN4OS/c1-13(2)11(20)18(12(19)16-13)9-5-4-8-7(10(9)14)6-15-17(8)3/h4-6,11,20H,1-3H3,(H,16,19). The van der Waals surface area contributed by atoms with Gasteiger partial charge in [-0.3, -0.25) is 9.58 Å². The Balaban J connectivity index is 2.16. The molecule has 3 rings (SSSR count). The van der Waals surface area contributed by atoms with Crippen LogP contribution in [0.3, 0.4) is 0 Å². The van der Waals surface area contributed by atoms with Crippen LogP contribution in [0.4, 0.5) is 14.9 Å². The van der Waals surface area contributed by atoms with Gasteiger partial charge < -0.3 is 5.32 Å². The molecule has 0 aliphatic carbocycles. The number of fused-ring (bicyclic) bond motifs is 1. The van der Waals surface area contributed by atoms with Gasteiger partial charge in [0.15, 0.2) is 5.82 Å². The van der Waals surface area contributed by atoms with Crippen LogP contribution in [0.15, 0.2) is 18.3 Å². The molecule has 1 fully saturated rings. The molecular weight excluding hydrogens is 279 g/mol. The molecule has 0 saturated carbocycles. The number of halogens is 1. The van der Waals surface area contributed by atoms with E-state index in [4.69, 9.17) is 0 Å². The van der Waals surface area contributed by atoms with Crippen molar-refractivity contribution in [3.05, 3.63) is 24.1 Å². The summed E-state index contributed by atoms with van der Waals surface area (Å²) in [5.41, 5.74) is 0.366. The lowest BCUT2D eigenvalue weighted by atomic mass is 10.1. The third kappa shape index (κ3) is 1.69. The van der Waals surface area contributed by atoms with E-state index >= 15 is 0 Å². The van der Waals surface area contributed by atoms with Crippen molar-refractivity contribution in [2.75, 3.05) is 4.90 Å². The predicted molar refractivity (Wildman–Crippen MR) is 78.5 cm³/mol. The van der Waals surface area contributed by atoms with Crippen LogP contribution in [-0.4, -0.2) is 26.7 Å². The Morgan fingerprint density at radius 3 is 2.75 bits per heavy atom. The zero-order chi connectivity index (χ0) is 14.7. The minimum Gasteiger partial charge on any atom is -0.330 e. The van der Waals surface area contributed by atoms with Gasteiger partial charge in [0.2, 0.25) is 0 Å². The number of carbonyl (C=O) groups is 1. The molecule has 1 saturated heterocycles. The van der Waals surface area contributed by atoms with Crippen molar-refractivity contribution in [3.63, 3.8) is 0 Å². The number of nitrogens with one attached hydrogen (secondary N) is 1. The smallest absolute Gasteiger partial charge is 0.323 e. The third-order valence-electron chi connectivity index (χ3n) is 3.64. The van der Waals surface area contributed by atoms with E-state index in [0.717, 1.165) is 0 Å². The molecule has 106 valence electrons. The monoisotopic (exact) mass is 294 g/mol. The molecule has 1 aromatic heterocycles. The number of rotatable bonds is 1. The predicted octanol–water partition coefficient (Wildman–Crippen LogP) is 2.28. The summed E-state index contributed by atoms with van der Waals surface area (Å²) < 4.78 is 16.2. The second-order valence-corrected chi connectivity index (χ2v) is 5.98. The molecule has 1 aliphatic rings. The maximum absolute atomic E-state index is 14.6. The quantitative estimate of drug-likeness (QED) is 0.793. The fraction of sp³-hybridized carbons (Fsp3) is 0.385. The Morgan fingerprint density at radius 2 is 2.15 bits per heavy atom. The first-order valence-electron chi connectivity index (χ1n) is 6.22. The van der Waals surface area contributed by atoms with Gasteiger partial charge in [-0.2, -0.15) is 17.7 Å². The maximum atomic E-state index is 14.6. The van der Waals surface area contributed by atoms with Gasteiger partial charge in [-0.1, -0.05) is 0 Å². The lowest BCUT2D eigenvalue weighted by Crippen LogP contribution is -2.41. The Bertz CT molecular complexity index is 712. The molecule has 0 spiro atoms. The topological polar surface area (TPSA) is 50.2 Å². The summed E-state index contributed by atoms with van der Waals surface area (Å²) in [5, 5.41) is 6.77. The number of hydrogen-bond acceptors (Lipinski definition) is 3. The summed E-state index contributed by atoms with van der Waals surface area (Å²) in [6.45, 7) is 3.70. The van der Waals surface area contributed by atoms with Gasteiger partial charge in [0.1, 0.15) is 5.37 Å². The first-order chi connectivity index (χ1) is 9.33. The first kappa shape index (κ1) is 13.2. The van der Waals surface area contributed by atoms with Crippen molar-refractivity contribution in [2.24, 2.45) is 7.05 Å². The number of aryl methyl sites for hydroxylation is 1. The van der Waals surface area contributed by atoms with Crippen molar-refractivity contribution >= 4 is 35.3 Å². The zero-order valence-electron chi connectivity index (χ0n) is 11.4. The number of carbonyl (C=O) groups excluding carboxylic acids is 1. The Labute approximate surface area is 121 Å². The molecule has 0 bridgehead atoms. The van der Waals surface area contributed by atoms with Gasteiger partial charge in [0.25, 0.3) is 0 Å². The largest absolute Gasteiger partial charge is 0.330 e. The molecule has 2 amide bonds. The van der Waals surface area contributed by atoms with Crippen molar-refractivity contribution in [3.8, 4) is 0 Å². The van der Waals surface area contributed by atoms with Crippen molar-refractivity contribution < 1.29 is 9.18 Å². The molecule has 0 radical (unpaired) electrons. The molecule has 7 heteroatoms. The van der Waals surface area contributed by atoms with Gasteiger partial charge in [-0.25, -0.2) is 9.18 Å². The second-order valence-electron chi connectivity index (χ2n) is 5.50. The van der Waals surface area contributed by atoms with E-state index in [2.05, 4.69) is 23.0 Å². The summed E-state index contributed by atoms with van der Waals surface area (Å²) >= 11 is 4.44. The average molecular weight is 294 g/mol. The first-order valence-corrected chi connectivity index (χ1v) is 6.74.